The van der Waals surface area contributed by atoms with Crippen LogP contribution < -0.4 is 0 Å². The Labute approximate surface area is 369 Å². The van der Waals surface area contributed by atoms with E-state index < -0.39 is 0 Å². The second-order valence-corrected chi connectivity index (χ2v) is 16.6. The van der Waals surface area contributed by atoms with E-state index in [4.69, 9.17) is 9.97 Å². The van der Waals surface area contributed by atoms with Gasteiger partial charge in [0.05, 0.1) is 33.3 Å². The second-order valence-electron chi connectivity index (χ2n) is 16.6. The zero-order chi connectivity index (χ0) is 42.1. The molecule has 0 amide bonds. The van der Waals surface area contributed by atoms with E-state index in [1.807, 2.05) is 6.07 Å². The molecular weight excluding hydrogens is 777 g/mol. The van der Waals surface area contributed by atoms with Crippen molar-refractivity contribution in [3.63, 3.8) is 0 Å². The Morgan fingerprint density at radius 2 is 0.844 bits per heavy atom. The van der Waals surface area contributed by atoms with E-state index in [0.29, 0.717) is 5.82 Å². The highest BCUT2D eigenvalue weighted by Crippen LogP contribution is 2.43. The zero-order valence-electron chi connectivity index (χ0n) is 34.7. The molecule has 0 aliphatic heterocycles. The molecule has 0 aliphatic carbocycles. The predicted molar refractivity (Wildman–Crippen MR) is 267 cm³/mol. The van der Waals surface area contributed by atoms with Crippen LogP contribution in [0, 0.1) is 0 Å². The first-order chi connectivity index (χ1) is 31.7. The Morgan fingerprint density at radius 3 is 1.56 bits per heavy atom. The number of hydrogen-bond acceptors (Lipinski definition) is 2. The highest BCUT2D eigenvalue weighted by atomic mass is 15.0. The van der Waals surface area contributed by atoms with Crippen molar-refractivity contribution in [2.24, 2.45) is 0 Å². The average molecular weight is 815 g/mol. The third-order valence-corrected chi connectivity index (χ3v) is 12.9. The van der Waals surface area contributed by atoms with Gasteiger partial charge in [0.1, 0.15) is 0 Å². The van der Waals surface area contributed by atoms with E-state index in [1.165, 1.54) is 54.5 Å². The number of aromatic nitrogens is 4. The standard InChI is InChI=1S/C60H38N4/c1-4-14-39(15-5-1)41-24-28-44(29-25-41)59-51-36-47(33-34-53(51)61-60(62-59)45-30-26-42(27-31-45)40-16-6-2-7-17-40)64-54-23-13-12-22-49(54)50-37-52-57(38-56(50)64)63(46-19-8-3-9-20-46)55-35-32-43-18-10-11-21-48(43)58(52)55/h1-38H. The van der Waals surface area contributed by atoms with Crippen molar-refractivity contribution in [1.82, 2.24) is 19.1 Å². The molecule has 10 aromatic carbocycles. The zero-order valence-corrected chi connectivity index (χ0v) is 34.7. The first kappa shape index (κ1) is 36.1. The summed E-state index contributed by atoms with van der Waals surface area (Å²) in [4.78, 5) is 10.7. The summed E-state index contributed by atoms with van der Waals surface area (Å²) in [5, 5.41) is 8.42. The first-order valence-corrected chi connectivity index (χ1v) is 21.8. The molecule has 13 aromatic rings. The van der Waals surface area contributed by atoms with Gasteiger partial charge in [-0.25, -0.2) is 9.97 Å². The molecule has 3 aromatic heterocycles. The van der Waals surface area contributed by atoms with Gasteiger partial charge in [0, 0.05) is 49.4 Å². The minimum Gasteiger partial charge on any atom is -0.309 e. The number of rotatable bonds is 6. The van der Waals surface area contributed by atoms with Gasteiger partial charge in [-0.15, -0.1) is 0 Å². The molecule has 4 nitrogen and oxygen atoms in total. The minimum atomic E-state index is 0.697. The quantitative estimate of drug-likeness (QED) is 0.168. The lowest BCUT2D eigenvalue weighted by molar-refractivity contribution is 1.16. The molecule has 0 fully saturated rings. The van der Waals surface area contributed by atoms with Crippen LogP contribution in [-0.4, -0.2) is 19.1 Å². The first-order valence-electron chi connectivity index (χ1n) is 21.8. The van der Waals surface area contributed by atoms with Gasteiger partial charge in [0.25, 0.3) is 0 Å². The van der Waals surface area contributed by atoms with Crippen molar-refractivity contribution in [3.05, 3.63) is 231 Å². The van der Waals surface area contributed by atoms with Crippen molar-refractivity contribution in [1.29, 1.82) is 0 Å². The van der Waals surface area contributed by atoms with E-state index in [1.54, 1.807) is 0 Å². The lowest BCUT2D eigenvalue weighted by Gasteiger charge is -2.14. The van der Waals surface area contributed by atoms with Gasteiger partial charge in [-0.05, 0) is 87.6 Å². The summed E-state index contributed by atoms with van der Waals surface area (Å²) in [6.45, 7) is 0. The maximum atomic E-state index is 5.40. The van der Waals surface area contributed by atoms with Crippen LogP contribution in [0.2, 0.25) is 0 Å². The fourth-order valence-electron chi connectivity index (χ4n) is 9.88. The molecule has 0 N–H and O–H groups in total. The van der Waals surface area contributed by atoms with E-state index in [-0.39, 0.29) is 0 Å². The molecule has 0 radical (unpaired) electrons. The van der Waals surface area contributed by atoms with Crippen molar-refractivity contribution in [3.8, 4) is 56.3 Å². The van der Waals surface area contributed by atoms with Crippen molar-refractivity contribution < 1.29 is 0 Å². The molecule has 0 aliphatic rings. The van der Waals surface area contributed by atoms with Crippen LogP contribution in [0.4, 0.5) is 0 Å². The monoisotopic (exact) mass is 814 g/mol. The average Bonchev–Trinajstić information content (AvgIpc) is 3.88. The fraction of sp³-hybridized carbons (Fsp3) is 0. The van der Waals surface area contributed by atoms with Crippen molar-refractivity contribution in [2.45, 2.75) is 0 Å². The Bertz CT molecular complexity index is 3910. The van der Waals surface area contributed by atoms with Gasteiger partial charge in [0.15, 0.2) is 5.82 Å². The van der Waals surface area contributed by atoms with Crippen LogP contribution in [0.25, 0.3) is 122 Å². The molecule has 0 unspecified atom stereocenters. The molecule has 3 heterocycles. The number of hydrogen-bond donors (Lipinski definition) is 0. The Kier molecular flexibility index (Phi) is 8.18. The largest absolute Gasteiger partial charge is 0.309 e. The lowest BCUT2D eigenvalue weighted by atomic mass is 10.00. The molecule has 298 valence electrons. The van der Waals surface area contributed by atoms with Crippen LogP contribution in [0.1, 0.15) is 0 Å². The molecule has 0 bridgehead atoms. The van der Waals surface area contributed by atoms with Crippen LogP contribution >= 0.6 is 0 Å². The number of nitrogens with zero attached hydrogens (tertiary/aromatic N) is 4. The van der Waals surface area contributed by atoms with E-state index in [2.05, 4.69) is 234 Å². The lowest BCUT2D eigenvalue weighted by Crippen LogP contribution is -1.99. The molecule has 64 heavy (non-hydrogen) atoms. The van der Waals surface area contributed by atoms with Crippen molar-refractivity contribution in [2.75, 3.05) is 0 Å². The SMILES string of the molecule is c1ccc(-c2ccc(-c3nc(-c4ccc(-c5ccccc5)cc4)c4cc(-n5c6ccccc6c6cc7c8c9ccccc9ccc8n(-c8ccccc8)c7cc65)ccc4n3)cc2)cc1. The topological polar surface area (TPSA) is 35.6 Å². The maximum absolute atomic E-state index is 5.40. The third kappa shape index (κ3) is 5.77. The smallest absolute Gasteiger partial charge is 0.160 e. The van der Waals surface area contributed by atoms with Gasteiger partial charge < -0.3 is 9.13 Å². The summed E-state index contributed by atoms with van der Waals surface area (Å²) in [6, 6.07) is 82.7. The van der Waals surface area contributed by atoms with Crippen molar-refractivity contribution >= 4 is 65.3 Å². The van der Waals surface area contributed by atoms with E-state index in [0.717, 1.165) is 61.3 Å². The normalized spacial score (nSPS) is 11.8. The van der Waals surface area contributed by atoms with E-state index in [9.17, 15) is 0 Å². The molecule has 0 spiro atoms. The highest BCUT2D eigenvalue weighted by molar-refractivity contribution is 6.25. The van der Waals surface area contributed by atoms with Gasteiger partial charge in [-0.1, -0.05) is 176 Å². The van der Waals surface area contributed by atoms with Gasteiger partial charge in [0.2, 0.25) is 0 Å². The van der Waals surface area contributed by atoms with E-state index >= 15 is 0 Å². The summed E-state index contributed by atoms with van der Waals surface area (Å²) in [5.74, 6) is 0.697. The van der Waals surface area contributed by atoms with Crippen LogP contribution in [0.15, 0.2) is 231 Å². The summed E-state index contributed by atoms with van der Waals surface area (Å²) in [7, 11) is 0. The number of para-hydroxylation sites is 2. The fourth-order valence-corrected chi connectivity index (χ4v) is 9.88. The summed E-state index contributed by atoms with van der Waals surface area (Å²) in [6.07, 6.45) is 0. The Morgan fingerprint density at radius 1 is 0.281 bits per heavy atom. The third-order valence-electron chi connectivity index (χ3n) is 12.9. The van der Waals surface area contributed by atoms with Crippen LogP contribution in [0.3, 0.4) is 0 Å². The van der Waals surface area contributed by atoms with Gasteiger partial charge in [-0.2, -0.15) is 0 Å². The predicted octanol–water partition coefficient (Wildman–Crippen LogP) is 15.6. The number of benzene rings is 10. The summed E-state index contributed by atoms with van der Waals surface area (Å²) < 4.78 is 4.85. The molecule has 0 atom stereocenters. The van der Waals surface area contributed by atoms with Crippen LogP contribution in [0.5, 0.6) is 0 Å². The molecular formula is C60H38N4. The maximum Gasteiger partial charge on any atom is 0.160 e. The Balaban J connectivity index is 1.05. The Hall–Kier alpha value is -8.60. The van der Waals surface area contributed by atoms with Crippen LogP contribution in [-0.2, 0) is 0 Å². The number of fused-ring (bicyclic) bond motifs is 9. The molecule has 0 saturated carbocycles. The highest BCUT2D eigenvalue weighted by Gasteiger charge is 2.21. The minimum absolute atomic E-state index is 0.697. The molecule has 13 rings (SSSR count). The molecule has 0 saturated heterocycles. The molecule has 4 heteroatoms. The second kappa shape index (κ2) is 14.5. The summed E-state index contributed by atoms with van der Waals surface area (Å²) >= 11 is 0. The summed E-state index contributed by atoms with van der Waals surface area (Å²) in [5.41, 5.74) is 15.3. The van der Waals surface area contributed by atoms with Gasteiger partial charge >= 0.3 is 0 Å². The van der Waals surface area contributed by atoms with Gasteiger partial charge in [-0.3, -0.25) is 0 Å².